The van der Waals surface area contributed by atoms with E-state index in [1.54, 1.807) is 12.1 Å². The molecule has 0 N–H and O–H groups in total. The van der Waals surface area contributed by atoms with Gasteiger partial charge in [-0.1, -0.05) is 19.3 Å². The van der Waals surface area contributed by atoms with Gasteiger partial charge in [0.05, 0.1) is 13.2 Å². The fourth-order valence-corrected chi connectivity index (χ4v) is 4.22. The molecule has 0 unspecified atom stereocenters. The zero-order chi connectivity index (χ0) is 18.6. The maximum Gasteiger partial charge on any atom is 0.254 e. The van der Waals surface area contributed by atoms with Crippen molar-refractivity contribution in [2.24, 2.45) is 5.92 Å². The Bertz CT molecular complexity index is 691. The van der Waals surface area contributed by atoms with E-state index >= 15 is 0 Å². The average Bonchev–Trinajstić information content (AvgIpc) is 2.98. The van der Waals surface area contributed by atoms with Crippen molar-refractivity contribution in [1.82, 2.24) is 9.80 Å². The van der Waals surface area contributed by atoms with Gasteiger partial charge in [-0.25, -0.2) is 0 Å². The number of hydrogen-bond donors (Lipinski definition) is 0. The van der Waals surface area contributed by atoms with E-state index in [4.69, 9.17) is 9.47 Å². The molecule has 146 valence electrons. The summed E-state index contributed by atoms with van der Waals surface area (Å²) in [5.41, 5.74) is 0.617. The third-order valence-electron chi connectivity index (χ3n) is 5.83. The lowest BCUT2D eigenvalue weighted by Crippen LogP contribution is -2.52. The van der Waals surface area contributed by atoms with Gasteiger partial charge in [0.1, 0.15) is 0 Å². The zero-order valence-electron chi connectivity index (χ0n) is 15.8. The lowest BCUT2D eigenvalue weighted by atomic mass is 9.88. The van der Waals surface area contributed by atoms with E-state index in [2.05, 4.69) is 0 Å². The molecule has 1 aliphatic carbocycles. The summed E-state index contributed by atoms with van der Waals surface area (Å²) in [5.74, 6) is 1.83. The molecule has 2 amide bonds. The normalized spacial score (nSPS) is 20.9. The van der Waals surface area contributed by atoms with Gasteiger partial charge in [-0.2, -0.15) is 0 Å². The second-order valence-corrected chi connectivity index (χ2v) is 7.66. The summed E-state index contributed by atoms with van der Waals surface area (Å²) in [7, 11) is 0. The van der Waals surface area contributed by atoms with Crippen LogP contribution < -0.4 is 9.47 Å². The van der Waals surface area contributed by atoms with Crippen LogP contribution in [0.2, 0.25) is 0 Å². The van der Waals surface area contributed by atoms with Gasteiger partial charge in [0.2, 0.25) is 5.91 Å². The molecule has 0 aromatic heterocycles. The third-order valence-corrected chi connectivity index (χ3v) is 5.83. The highest BCUT2D eigenvalue weighted by molar-refractivity contribution is 5.95. The Morgan fingerprint density at radius 1 is 0.815 bits per heavy atom. The van der Waals surface area contributed by atoms with Gasteiger partial charge < -0.3 is 19.3 Å². The van der Waals surface area contributed by atoms with Crippen molar-refractivity contribution in [2.45, 2.75) is 38.5 Å². The molecule has 6 heteroatoms. The lowest BCUT2D eigenvalue weighted by molar-refractivity contribution is -0.138. The first-order chi connectivity index (χ1) is 13.2. The van der Waals surface area contributed by atoms with Crippen molar-refractivity contribution in [2.75, 3.05) is 39.4 Å². The van der Waals surface area contributed by atoms with Crippen LogP contribution in [0.15, 0.2) is 18.2 Å². The number of ether oxygens (including phenoxy) is 2. The van der Waals surface area contributed by atoms with E-state index < -0.39 is 0 Å². The second-order valence-electron chi connectivity index (χ2n) is 7.66. The molecule has 0 radical (unpaired) electrons. The smallest absolute Gasteiger partial charge is 0.254 e. The fourth-order valence-electron chi connectivity index (χ4n) is 4.22. The molecule has 4 rings (SSSR count). The summed E-state index contributed by atoms with van der Waals surface area (Å²) >= 11 is 0. The van der Waals surface area contributed by atoms with Crippen molar-refractivity contribution in [3.8, 4) is 11.5 Å². The number of carbonyl (C=O) groups is 2. The number of benzene rings is 1. The summed E-state index contributed by atoms with van der Waals surface area (Å²) < 4.78 is 11.3. The molecule has 2 fully saturated rings. The number of piperazine rings is 1. The second kappa shape index (κ2) is 8.19. The Kier molecular flexibility index (Phi) is 5.50. The first kappa shape index (κ1) is 18.1. The van der Waals surface area contributed by atoms with Crippen LogP contribution in [0, 0.1) is 5.92 Å². The van der Waals surface area contributed by atoms with Gasteiger partial charge in [0.25, 0.3) is 5.91 Å². The first-order valence-electron chi connectivity index (χ1n) is 10.2. The molecule has 1 saturated heterocycles. The molecule has 0 atom stereocenters. The minimum absolute atomic E-state index is 0.00425. The topological polar surface area (TPSA) is 59.1 Å². The number of nitrogens with zero attached hydrogens (tertiary/aromatic N) is 2. The maximum atomic E-state index is 12.9. The Labute approximate surface area is 160 Å². The van der Waals surface area contributed by atoms with E-state index in [-0.39, 0.29) is 17.7 Å². The molecule has 3 aliphatic rings. The Hall–Kier alpha value is -2.24. The van der Waals surface area contributed by atoms with Crippen LogP contribution in [0.25, 0.3) is 0 Å². The van der Waals surface area contributed by atoms with Crippen molar-refractivity contribution < 1.29 is 19.1 Å². The first-order valence-corrected chi connectivity index (χ1v) is 10.2. The van der Waals surface area contributed by atoms with Gasteiger partial charge in [-0.3, -0.25) is 9.59 Å². The SMILES string of the molecule is O=C(c1ccc2c(c1)OCCCO2)N1CCN(C(=O)C2CCCCC2)CC1. The van der Waals surface area contributed by atoms with E-state index in [1.165, 1.54) is 19.3 Å². The summed E-state index contributed by atoms with van der Waals surface area (Å²) in [6.07, 6.45) is 6.47. The minimum Gasteiger partial charge on any atom is -0.490 e. The van der Waals surface area contributed by atoms with Crippen LogP contribution in [-0.2, 0) is 4.79 Å². The predicted molar refractivity (Wildman–Crippen MR) is 101 cm³/mol. The maximum absolute atomic E-state index is 12.9. The predicted octanol–water partition coefficient (Wildman–Crippen LogP) is 2.71. The molecule has 27 heavy (non-hydrogen) atoms. The van der Waals surface area contributed by atoms with Gasteiger partial charge in [-0.05, 0) is 31.0 Å². The van der Waals surface area contributed by atoms with Crippen LogP contribution >= 0.6 is 0 Å². The standard InChI is InChI=1S/C21H28N2O4/c24-20(16-5-2-1-3-6-16)22-9-11-23(12-10-22)21(25)17-7-8-18-19(15-17)27-14-4-13-26-18/h7-8,15-16H,1-6,9-14H2. The van der Waals surface area contributed by atoms with E-state index in [0.29, 0.717) is 56.5 Å². The number of hydrogen-bond acceptors (Lipinski definition) is 4. The van der Waals surface area contributed by atoms with Crippen LogP contribution in [0.4, 0.5) is 0 Å². The van der Waals surface area contributed by atoms with Crippen molar-refractivity contribution in [1.29, 1.82) is 0 Å². The average molecular weight is 372 g/mol. The van der Waals surface area contributed by atoms with E-state index in [1.807, 2.05) is 15.9 Å². The molecule has 0 spiro atoms. The zero-order valence-corrected chi connectivity index (χ0v) is 15.8. The quantitative estimate of drug-likeness (QED) is 0.801. The summed E-state index contributed by atoms with van der Waals surface area (Å²) in [6, 6.07) is 5.40. The summed E-state index contributed by atoms with van der Waals surface area (Å²) in [4.78, 5) is 29.3. The van der Waals surface area contributed by atoms with Gasteiger partial charge >= 0.3 is 0 Å². The monoisotopic (exact) mass is 372 g/mol. The molecule has 0 bridgehead atoms. The number of rotatable bonds is 2. The van der Waals surface area contributed by atoms with Crippen LogP contribution in [0.5, 0.6) is 11.5 Å². The molecule has 6 nitrogen and oxygen atoms in total. The molecular formula is C21H28N2O4. The van der Waals surface area contributed by atoms with Crippen LogP contribution in [-0.4, -0.2) is 61.0 Å². The third kappa shape index (κ3) is 4.04. The molecular weight excluding hydrogens is 344 g/mol. The molecule has 1 saturated carbocycles. The highest BCUT2D eigenvalue weighted by Crippen LogP contribution is 2.31. The molecule has 1 aromatic rings. The fraction of sp³-hybridized carbons (Fsp3) is 0.619. The lowest BCUT2D eigenvalue weighted by Gasteiger charge is -2.37. The Balaban J connectivity index is 1.36. The van der Waals surface area contributed by atoms with E-state index in [0.717, 1.165) is 19.3 Å². The highest BCUT2D eigenvalue weighted by Gasteiger charge is 2.30. The van der Waals surface area contributed by atoms with Gasteiger partial charge in [0, 0.05) is 44.1 Å². The number of fused-ring (bicyclic) bond motifs is 1. The van der Waals surface area contributed by atoms with Crippen LogP contribution in [0.3, 0.4) is 0 Å². The van der Waals surface area contributed by atoms with Gasteiger partial charge in [-0.15, -0.1) is 0 Å². The molecule has 2 aliphatic heterocycles. The summed E-state index contributed by atoms with van der Waals surface area (Å²) in [5, 5.41) is 0. The highest BCUT2D eigenvalue weighted by atomic mass is 16.5. The summed E-state index contributed by atoms with van der Waals surface area (Å²) in [6.45, 7) is 3.68. The van der Waals surface area contributed by atoms with Gasteiger partial charge in [0.15, 0.2) is 11.5 Å². The van der Waals surface area contributed by atoms with Crippen molar-refractivity contribution in [3.63, 3.8) is 0 Å². The van der Waals surface area contributed by atoms with Crippen molar-refractivity contribution >= 4 is 11.8 Å². The van der Waals surface area contributed by atoms with E-state index in [9.17, 15) is 9.59 Å². The Morgan fingerprint density at radius 3 is 2.22 bits per heavy atom. The van der Waals surface area contributed by atoms with Crippen molar-refractivity contribution in [3.05, 3.63) is 23.8 Å². The largest absolute Gasteiger partial charge is 0.490 e. The Morgan fingerprint density at radius 2 is 1.48 bits per heavy atom. The minimum atomic E-state index is -0.00425. The van der Waals surface area contributed by atoms with Crippen LogP contribution in [0.1, 0.15) is 48.9 Å². The molecule has 1 aromatic carbocycles. The molecule has 2 heterocycles. The number of carbonyl (C=O) groups excluding carboxylic acids is 2. The number of amides is 2.